The topological polar surface area (TPSA) is 46.5 Å². The zero-order valence-corrected chi connectivity index (χ0v) is 6.48. The second-order valence-corrected chi connectivity index (χ2v) is 3.49. The highest BCUT2D eigenvalue weighted by atomic mass is 32.1. The van der Waals surface area contributed by atoms with Crippen LogP contribution in [0.5, 0.6) is 0 Å². The van der Waals surface area contributed by atoms with Gasteiger partial charge in [0.2, 0.25) is 0 Å². The van der Waals surface area contributed by atoms with Gasteiger partial charge in [-0.25, -0.2) is 4.79 Å². The molecule has 0 saturated heterocycles. The van der Waals surface area contributed by atoms with Crippen molar-refractivity contribution in [2.24, 2.45) is 0 Å². The molecule has 0 bridgehead atoms. The van der Waals surface area contributed by atoms with Gasteiger partial charge in [-0.15, -0.1) is 11.3 Å². The van der Waals surface area contributed by atoms with E-state index in [4.69, 9.17) is 9.84 Å². The van der Waals surface area contributed by atoms with E-state index in [1.807, 2.05) is 0 Å². The number of rotatable bonds is 1. The van der Waals surface area contributed by atoms with Crippen LogP contribution in [0.2, 0.25) is 0 Å². The molecular weight excluding hydrogens is 164 g/mol. The average molecular weight is 170 g/mol. The van der Waals surface area contributed by atoms with Crippen molar-refractivity contribution in [3.8, 4) is 0 Å². The molecule has 2 rings (SSSR count). The molecule has 0 aromatic carbocycles. The Morgan fingerprint density at radius 2 is 2.45 bits per heavy atom. The molecule has 58 valence electrons. The number of fused-ring (bicyclic) bond motifs is 1. The second-order valence-electron chi connectivity index (χ2n) is 2.36. The SMILES string of the molecule is O=C(O)c1cc2c(s1)COC2. The molecule has 4 heteroatoms. The number of thiophene rings is 1. The Hall–Kier alpha value is -0.870. The minimum Gasteiger partial charge on any atom is -0.477 e. The van der Waals surface area contributed by atoms with Gasteiger partial charge >= 0.3 is 5.97 Å². The van der Waals surface area contributed by atoms with Gasteiger partial charge in [-0.05, 0) is 11.6 Å². The monoisotopic (exact) mass is 170 g/mol. The van der Waals surface area contributed by atoms with Crippen LogP contribution < -0.4 is 0 Å². The smallest absolute Gasteiger partial charge is 0.345 e. The number of aromatic carboxylic acids is 1. The highest BCUT2D eigenvalue weighted by Crippen LogP contribution is 2.28. The van der Waals surface area contributed by atoms with Crippen molar-refractivity contribution in [1.82, 2.24) is 0 Å². The van der Waals surface area contributed by atoms with E-state index >= 15 is 0 Å². The molecule has 11 heavy (non-hydrogen) atoms. The van der Waals surface area contributed by atoms with E-state index in [-0.39, 0.29) is 0 Å². The van der Waals surface area contributed by atoms with E-state index in [1.54, 1.807) is 6.07 Å². The first-order chi connectivity index (χ1) is 5.27. The maximum absolute atomic E-state index is 10.5. The van der Waals surface area contributed by atoms with Crippen molar-refractivity contribution in [3.05, 3.63) is 21.4 Å². The summed E-state index contributed by atoms with van der Waals surface area (Å²) in [6.07, 6.45) is 0. The van der Waals surface area contributed by atoms with Crippen molar-refractivity contribution in [1.29, 1.82) is 0 Å². The zero-order chi connectivity index (χ0) is 7.84. The molecule has 0 aliphatic carbocycles. The summed E-state index contributed by atoms with van der Waals surface area (Å²) in [4.78, 5) is 11.9. The van der Waals surface area contributed by atoms with Gasteiger partial charge in [0, 0.05) is 4.88 Å². The van der Waals surface area contributed by atoms with Crippen molar-refractivity contribution in [2.45, 2.75) is 13.2 Å². The van der Waals surface area contributed by atoms with Crippen molar-refractivity contribution in [2.75, 3.05) is 0 Å². The lowest BCUT2D eigenvalue weighted by Gasteiger charge is -1.87. The highest BCUT2D eigenvalue weighted by Gasteiger charge is 2.17. The summed E-state index contributed by atoms with van der Waals surface area (Å²) in [5.74, 6) is -0.843. The van der Waals surface area contributed by atoms with Crippen LogP contribution in [-0.4, -0.2) is 11.1 Å². The number of carboxylic acids is 1. The van der Waals surface area contributed by atoms with E-state index in [1.165, 1.54) is 11.3 Å². The van der Waals surface area contributed by atoms with E-state index in [0.29, 0.717) is 18.1 Å². The first-order valence-corrected chi connectivity index (χ1v) is 4.01. The van der Waals surface area contributed by atoms with Crippen LogP contribution in [-0.2, 0) is 18.0 Å². The van der Waals surface area contributed by atoms with Crippen molar-refractivity contribution >= 4 is 17.3 Å². The van der Waals surface area contributed by atoms with Gasteiger partial charge in [0.15, 0.2) is 0 Å². The third-order valence-corrected chi connectivity index (χ3v) is 2.74. The molecule has 0 unspecified atom stereocenters. The maximum atomic E-state index is 10.5. The molecule has 0 amide bonds. The molecule has 2 heterocycles. The Bertz CT molecular complexity index is 281. The molecule has 3 nitrogen and oxygen atoms in total. The van der Waals surface area contributed by atoms with Gasteiger partial charge in [0.05, 0.1) is 13.2 Å². The third kappa shape index (κ3) is 1.04. The zero-order valence-electron chi connectivity index (χ0n) is 5.66. The van der Waals surface area contributed by atoms with E-state index in [0.717, 1.165) is 10.4 Å². The first kappa shape index (κ1) is 6.82. The van der Waals surface area contributed by atoms with Crippen LogP contribution in [0.1, 0.15) is 20.1 Å². The van der Waals surface area contributed by atoms with Crippen molar-refractivity contribution < 1.29 is 14.6 Å². The lowest BCUT2D eigenvalue weighted by molar-refractivity contribution is 0.0701. The van der Waals surface area contributed by atoms with E-state index in [9.17, 15) is 4.79 Å². The lowest BCUT2D eigenvalue weighted by atomic mass is 10.3. The molecule has 0 fully saturated rings. The van der Waals surface area contributed by atoms with Crippen LogP contribution in [0.4, 0.5) is 0 Å². The minimum atomic E-state index is -0.843. The summed E-state index contributed by atoms with van der Waals surface area (Å²) in [6.45, 7) is 1.15. The van der Waals surface area contributed by atoms with Gasteiger partial charge in [-0.3, -0.25) is 0 Å². The molecule has 1 aromatic rings. The summed E-state index contributed by atoms with van der Waals surface area (Å²) in [5, 5.41) is 8.61. The quantitative estimate of drug-likeness (QED) is 0.694. The van der Waals surface area contributed by atoms with Crippen LogP contribution in [0.15, 0.2) is 6.07 Å². The predicted molar refractivity (Wildman–Crippen MR) is 39.8 cm³/mol. The number of hydrogen-bond acceptors (Lipinski definition) is 3. The van der Waals surface area contributed by atoms with Gasteiger partial charge in [-0.2, -0.15) is 0 Å². The van der Waals surface area contributed by atoms with E-state index < -0.39 is 5.97 Å². The summed E-state index contributed by atoms with van der Waals surface area (Å²) >= 11 is 1.31. The molecular formula is C7H6O3S. The van der Waals surface area contributed by atoms with Gasteiger partial charge in [0.1, 0.15) is 4.88 Å². The molecule has 1 N–H and O–H groups in total. The maximum Gasteiger partial charge on any atom is 0.345 e. The Morgan fingerprint density at radius 3 is 3.09 bits per heavy atom. The summed E-state index contributed by atoms with van der Waals surface area (Å²) in [6, 6.07) is 1.69. The molecule has 0 saturated carbocycles. The van der Waals surface area contributed by atoms with Gasteiger partial charge < -0.3 is 9.84 Å². The predicted octanol–water partition coefficient (Wildman–Crippen LogP) is 1.48. The van der Waals surface area contributed by atoms with E-state index in [2.05, 4.69) is 0 Å². The number of carboxylic acid groups (broad SMARTS) is 1. The molecule has 0 radical (unpaired) electrons. The van der Waals surface area contributed by atoms with Crippen LogP contribution in [0, 0.1) is 0 Å². The molecule has 0 spiro atoms. The fraction of sp³-hybridized carbons (Fsp3) is 0.286. The lowest BCUT2D eigenvalue weighted by Crippen LogP contribution is -1.91. The molecule has 1 aromatic heterocycles. The Kier molecular flexibility index (Phi) is 1.44. The molecule has 0 atom stereocenters. The minimum absolute atomic E-state index is 0.415. The van der Waals surface area contributed by atoms with Crippen LogP contribution in [0.3, 0.4) is 0 Å². The third-order valence-electron chi connectivity index (χ3n) is 1.60. The summed E-state index contributed by atoms with van der Waals surface area (Å²) in [7, 11) is 0. The Balaban J connectivity index is 2.42. The fourth-order valence-electron chi connectivity index (χ4n) is 1.07. The average Bonchev–Trinajstić information content (AvgIpc) is 2.40. The summed E-state index contributed by atoms with van der Waals surface area (Å²) < 4.78 is 5.11. The first-order valence-electron chi connectivity index (χ1n) is 3.20. The molecule has 1 aliphatic rings. The highest BCUT2D eigenvalue weighted by molar-refractivity contribution is 7.14. The fourth-order valence-corrected chi connectivity index (χ4v) is 2.02. The van der Waals surface area contributed by atoms with Crippen LogP contribution >= 0.6 is 11.3 Å². The summed E-state index contributed by atoms with van der Waals surface area (Å²) in [5.41, 5.74) is 1.03. The second kappa shape index (κ2) is 2.32. The number of ether oxygens (including phenoxy) is 1. The standard InChI is InChI=1S/C7H6O3S/c8-7(9)5-1-4-2-10-3-6(4)11-5/h1H,2-3H2,(H,8,9). The van der Waals surface area contributed by atoms with Gasteiger partial charge in [-0.1, -0.05) is 0 Å². The number of hydrogen-bond donors (Lipinski definition) is 1. The largest absolute Gasteiger partial charge is 0.477 e. The number of carbonyl (C=O) groups is 1. The van der Waals surface area contributed by atoms with Crippen LogP contribution in [0.25, 0.3) is 0 Å². The van der Waals surface area contributed by atoms with Crippen molar-refractivity contribution in [3.63, 3.8) is 0 Å². The normalized spacial score (nSPS) is 14.9. The Labute approximate surface area is 67.2 Å². The Morgan fingerprint density at radius 1 is 1.64 bits per heavy atom. The molecule has 1 aliphatic heterocycles. The van der Waals surface area contributed by atoms with Gasteiger partial charge in [0.25, 0.3) is 0 Å².